The molecule has 2 aromatic carbocycles. The van der Waals surface area contributed by atoms with Gasteiger partial charge in [0.25, 0.3) is 0 Å². The molecule has 0 fully saturated rings. The molecular weight excluding hydrogens is 265 g/mol. The summed E-state index contributed by atoms with van der Waals surface area (Å²) in [4.78, 5) is 0. The first-order valence-corrected chi connectivity index (χ1v) is 6.33. The predicted octanol–water partition coefficient (Wildman–Crippen LogP) is 4.66. The summed E-state index contributed by atoms with van der Waals surface area (Å²) >= 11 is 6.06. The highest BCUT2D eigenvalue weighted by Crippen LogP contribution is 2.29. The molecule has 0 radical (unpaired) electrons. The minimum atomic E-state index is -0.237. The molecule has 2 rings (SSSR count). The number of halogens is 2. The molecule has 100 valence electrons. The molecule has 0 aliphatic heterocycles. The number of ether oxygens (including phenoxy) is 1. The van der Waals surface area contributed by atoms with Gasteiger partial charge in [0.2, 0.25) is 0 Å². The van der Waals surface area contributed by atoms with Crippen LogP contribution in [0.4, 0.5) is 10.1 Å². The molecule has 1 atom stereocenters. The summed E-state index contributed by atoms with van der Waals surface area (Å²) in [5.74, 6) is 0.393. The minimum Gasteiger partial charge on any atom is -0.495 e. The fourth-order valence-corrected chi connectivity index (χ4v) is 2.12. The van der Waals surface area contributed by atoms with Gasteiger partial charge in [-0.2, -0.15) is 0 Å². The Bertz CT molecular complexity index is 574. The van der Waals surface area contributed by atoms with Gasteiger partial charge in [-0.15, -0.1) is 0 Å². The van der Waals surface area contributed by atoms with E-state index in [-0.39, 0.29) is 11.9 Å². The normalized spacial score (nSPS) is 12.0. The summed E-state index contributed by atoms with van der Waals surface area (Å²) in [7, 11) is 1.57. The van der Waals surface area contributed by atoms with Gasteiger partial charge in [-0.3, -0.25) is 0 Å². The largest absolute Gasteiger partial charge is 0.495 e. The molecule has 1 unspecified atom stereocenters. The molecule has 4 heteroatoms. The molecule has 0 heterocycles. The summed E-state index contributed by atoms with van der Waals surface area (Å²) in [5.41, 5.74) is 1.74. The summed E-state index contributed by atoms with van der Waals surface area (Å²) in [6.07, 6.45) is 0. The third kappa shape index (κ3) is 3.38. The van der Waals surface area contributed by atoms with E-state index < -0.39 is 0 Å². The molecule has 0 aromatic heterocycles. The molecule has 0 saturated heterocycles. The van der Waals surface area contributed by atoms with E-state index in [0.29, 0.717) is 10.8 Å². The SMILES string of the molecule is COc1ccc(NC(C)c2cccc(F)c2)cc1Cl. The van der Waals surface area contributed by atoms with E-state index in [9.17, 15) is 4.39 Å². The van der Waals surface area contributed by atoms with Crippen LogP contribution in [0.2, 0.25) is 5.02 Å². The standard InChI is InChI=1S/C15H15ClFNO/c1-10(11-4-3-5-12(17)8-11)18-13-6-7-15(19-2)14(16)9-13/h3-10,18H,1-2H3. The van der Waals surface area contributed by atoms with Crippen molar-refractivity contribution in [2.75, 3.05) is 12.4 Å². The Kier molecular flexibility index (Phi) is 4.27. The summed E-state index contributed by atoms with van der Waals surface area (Å²) in [6.45, 7) is 1.97. The van der Waals surface area contributed by atoms with Crippen LogP contribution in [0.5, 0.6) is 5.75 Å². The Balaban J connectivity index is 2.14. The summed E-state index contributed by atoms with van der Waals surface area (Å²) in [6, 6.07) is 12.0. The van der Waals surface area contributed by atoms with Crippen molar-refractivity contribution >= 4 is 17.3 Å². The van der Waals surface area contributed by atoms with Crippen LogP contribution in [-0.2, 0) is 0 Å². The van der Waals surface area contributed by atoms with E-state index in [0.717, 1.165) is 11.3 Å². The van der Waals surface area contributed by atoms with Crippen molar-refractivity contribution in [1.29, 1.82) is 0 Å². The van der Waals surface area contributed by atoms with Crippen LogP contribution in [0.25, 0.3) is 0 Å². The quantitative estimate of drug-likeness (QED) is 0.879. The maximum absolute atomic E-state index is 13.2. The van der Waals surface area contributed by atoms with Crippen molar-refractivity contribution < 1.29 is 9.13 Å². The van der Waals surface area contributed by atoms with Gasteiger partial charge >= 0.3 is 0 Å². The maximum Gasteiger partial charge on any atom is 0.137 e. The molecule has 0 amide bonds. The molecule has 0 aliphatic carbocycles. The van der Waals surface area contributed by atoms with Crippen molar-refractivity contribution in [3.05, 3.63) is 58.9 Å². The lowest BCUT2D eigenvalue weighted by atomic mass is 10.1. The number of anilines is 1. The predicted molar refractivity (Wildman–Crippen MR) is 76.4 cm³/mol. The average molecular weight is 280 g/mol. The molecular formula is C15H15ClFNO. The monoisotopic (exact) mass is 279 g/mol. The summed E-state index contributed by atoms with van der Waals surface area (Å²) < 4.78 is 18.3. The van der Waals surface area contributed by atoms with Crippen LogP contribution < -0.4 is 10.1 Å². The highest BCUT2D eigenvalue weighted by Gasteiger charge is 2.08. The maximum atomic E-state index is 13.2. The first-order valence-electron chi connectivity index (χ1n) is 5.95. The highest BCUT2D eigenvalue weighted by atomic mass is 35.5. The number of methoxy groups -OCH3 is 1. The van der Waals surface area contributed by atoms with Crippen LogP contribution in [0.15, 0.2) is 42.5 Å². The van der Waals surface area contributed by atoms with Gasteiger partial charge in [0, 0.05) is 11.7 Å². The Morgan fingerprint density at radius 3 is 2.63 bits per heavy atom. The van der Waals surface area contributed by atoms with E-state index in [4.69, 9.17) is 16.3 Å². The molecule has 0 spiro atoms. The smallest absolute Gasteiger partial charge is 0.137 e. The average Bonchev–Trinajstić information content (AvgIpc) is 2.39. The third-order valence-corrected chi connectivity index (χ3v) is 3.18. The van der Waals surface area contributed by atoms with Crippen LogP contribution in [0.3, 0.4) is 0 Å². The molecule has 2 nitrogen and oxygen atoms in total. The summed E-state index contributed by atoms with van der Waals surface area (Å²) in [5, 5.41) is 3.81. The zero-order valence-electron chi connectivity index (χ0n) is 10.8. The lowest BCUT2D eigenvalue weighted by Gasteiger charge is -2.16. The van der Waals surface area contributed by atoms with Crippen molar-refractivity contribution in [3.8, 4) is 5.75 Å². The van der Waals surface area contributed by atoms with Gasteiger partial charge in [-0.1, -0.05) is 23.7 Å². The molecule has 2 aromatic rings. The molecule has 19 heavy (non-hydrogen) atoms. The zero-order chi connectivity index (χ0) is 13.8. The highest BCUT2D eigenvalue weighted by molar-refractivity contribution is 6.32. The van der Waals surface area contributed by atoms with Crippen molar-refractivity contribution in [2.24, 2.45) is 0 Å². The Morgan fingerprint density at radius 1 is 1.21 bits per heavy atom. The second-order valence-corrected chi connectivity index (χ2v) is 4.68. The van der Waals surface area contributed by atoms with Gasteiger partial charge in [0.05, 0.1) is 12.1 Å². The van der Waals surface area contributed by atoms with E-state index in [1.165, 1.54) is 12.1 Å². The van der Waals surface area contributed by atoms with Gasteiger partial charge in [0.15, 0.2) is 0 Å². The van der Waals surface area contributed by atoms with E-state index >= 15 is 0 Å². The van der Waals surface area contributed by atoms with Crippen molar-refractivity contribution in [3.63, 3.8) is 0 Å². The number of hydrogen-bond acceptors (Lipinski definition) is 2. The molecule has 0 aliphatic rings. The number of nitrogens with one attached hydrogen (secondary N) is 1. The minimum absolute atomic E-state index is 0.0137. The number of benzene rings is 2. The fraction of sp³-hybridized carbons (Fsp3) is 0.200. The first kappa shape index (κ1) is 13.7. The zero-order valence-corrected chi connectivity index (χ0v) is 11.5. The van der Waals surface area contributed by atoms with Gasteiger partial charge < -0.3 is 10.1 Å². The van der Waals surface area contributed by atoms with E-state index in [1.54, 1.807) is 25.3 Å². The Morgan fingerprint density at radius 2 is 2.00 bits per heavy atom. The van der Waals surface area contributed by atoms with Crippen molar-refractivity contribution in [2.45, 2.75) is 13.0 Å². The molecule has 0 bridgehead atoms. The van der Waals surface area contributed by atoms with Gasteiger partial charge in [-0.25, -0.2) is 4.39 Å². The van der Waals surface area contributed by atoms with Crippen LogP contribution in [-0.4, -0.2) is 7.11 Å². The van der Waals surface area contributed by atoms with E-state index in [2.05, 4.69) is 5.32 Å². The van der Waals surface area contributed by atoms with Gasteiger partial charge in [0.1, 0.15) is 11.6 Å². The van der Waals surface area contributed by atoms with Gasteiger partial charge in [-0.05, 0) is 42.8 Å². The third-order valence-electron chi connectivity index (χ3n) is 2.88. The number of rotatable bonds is 4. The van der Waals surface area contributed by atoms with E-state index in [1.807, 2.05) is 19.1 Å². The van der Waals surface area contributed by atoms with Crippen molar-refractivity contribution in [1.82, 2.24) is 0 Å². The Labute approximate surface area is 117 Å². The second-order valence-electron chi connectivity index (χ2n) is 4.27. The number of hydrogen-bond donors (Lipinski definition) is 1. The topological polar surface area (TPSA) is 21.3 Å². The van der Waals surface area contributed by atoms with Crippen LogP contribution >= 0.6 is 11.6 Å². The Hall–Kier alpha value is -1.74. The van der Waals surface area contributed by atoms with Crippen LogP contribution in [0, 0.1) is 5.82 Å². The fourth-order valence-electron chi connectivity index (χ4n) is 1.87. The second kappa shape index (κ2) is 5.93. The lowest BCUT2D eigenvalue weighted by Crippen LogP contribution is -2.06. The molecule has 0 saturated carbocycles. The van der Waals surface area contributed by atoms with Crippen LogP contribution in [0.1, 0.15) is 18.5 Å². The first-order chi connectivity index (χ1) is 9.10. The lowest BCUT2D eigenvalue weighted by molar-refractivity contribution is 0.415. The molecule has 1 N–H and O–H groups in total.